The molecule has 1 aliphatic heterocycles. The molecular weight excluding hydrogens is 228 g/mol. The maximum atomic E-state index is 11.4. The fraction of sp³-hybridized carbons (Fsp3) is 0.929. The molecule has 0 bridgehead atoms. The summed E-state index contributed by atoms with van der Waals surface area (Å²) in [6, 6.07) is 0.803. The number of rotatable bonds is 6. The summed E-state index contributed by atoms with van der Waals surface area (Å²) in [5.74, 6) is 0.796. The Balaban J connectivity index is 1.61. The molecule has 2 rings (SSSR count). The van der Waals surface area contributed by atoms with E-state index < -0.39 is 0 Å². The van der Waals surface area contributed by atoms with Crippen LogP contribution in [0.15, 0.2) is 0 Å². The van der Waals surface area contributed by atoms with Crippen LogP contribution in [0.2, 0.25) is 0 Å². The summed E-state index contributed by atoms with van der Waals surface area (Å²) >= 11 is 0. The van der Waals surface area contributed by atoms with Gasteiger partial charge in [-0.3, -0.25) is 4.79 Å². The average molecular weight is 254 g/mol. The third-order valence-electron chi connectivity index (χ3n) is 4.02. The second-order valence-corrected chi connectivity index (χ2v) is 5.89. The van der Waals surface area contributed by atoms with Gasteiger partial charge in [-0.05, 0) is 51.2 Å². The Morgan fingerprint density at radius 1 is 1.33 bits per heavy atom. The van der Waals surface area contributed by atoms with Crippen LogP contribution in [0.5, 0.6) is 0 Å². The summed E-state index contributed by atoms with van der Waals surface area (Å²) < 4.78 is 4.81. The monoisotopic (exact) mass is 254 g/mol. The highest BCUT2D eigenvalue weighted by atomic mass is 16.5. The van der Waals surface area contributed by atoms with Crippen molar-refractivity contribution in [1.29, 1.82) is 0 Å². The maximum Gasteiger partial charge on any atom is 0.308 e. The zero-order valence-electron chi connectivity index (χ0n) is 11.7. The first-order valence-corrected chi connectivity index (χ1v) is 7.22. The van der Waals surface area contributed by atoms with E-state index in [0.717, 1.165) is 45.1 Å². The molecule has 0 aromatic carbocycles. The summed E-state index contributed by atoms with van der Waals surface area (Å²) in [5, 5.41) is 3.58. The van der Waals surface area contributed by atoms with Crippen LogP contribution in [0.1, 0.15) is 32.6 Å². The topological polar surface area (TPSA) is 41.6 Å². The molecule has 1 aliphatic carbocycles. The number of nitrogens with zero attached hydrogens (tertiary/aromatic N) is 1. The van der Waals surface area contributed by atoms with E-state index >= 15 is 0 Å². The lowest BCUT2D eigenvalue weighted by atomic mass is 9.96. The largest absolute Gasteiger partial charge is 0.469 e. The highest BCUT2D eigenvalue weighted by Crippen LogP contribution is 2.20. The summed E-state index contributed by atoms with van der Waals surface area (Å²) in [4.78, 5) is 13.9. The number of hydrogen-bond acceptors (Lipinski definition) is 4. The predicted molar refractivity (Wildman–Crippen MR) is 71.4 cm³/mol. The van der Waals surface area contributed by atoms with E-state index in [0.29, 0.717) is 5.92 Å². The van der Waals surface area contributed by atoms with Crippen molar-refractivity contribution in [3.05, 3.63) is 0 Å². The van der Waals surface area contributed by atoms with Crippen molar-refractivity contribution < 1.29 is 9.53 Å². The summed E-state index contributed by atoms with van der Waals surface area (Å²) in [5.41, 5.74) is 0. The van der Waals surface area contributed by atoms with E-state index in [4.69, 9.17) is 4.74 Å². The number of carbonyl (C=O) groups is 1. The van der Waals surface area contributed by atoms with Gasteiger partial charge in [0.05, 0.1) is 13.0 Å². The molecule has 0 aromatic heterocycles. The molecule has 2 fully saturated rings. The molecule has 1 N–H and O–H groups in total. The molecule has 1 saturated heterocycles. The smallest absolute Gasteiger partial charge is 0.308 e. The molecule has 1 saturated carbocycles. The fourth-order valence-corrected chi connectivity index (χ4v) is 2.68. The van der Waals surface area contributed by atoms with Gasteiger partial charge < -0.3 is 15.0 Å². The minimum atomic E-state index is -0.0295. The molecule has 1 unspecified atom stereocenters. The summed E-state index contributed by atoms with van der Waals surface area (Å²) in [6.07, 6.45) is 4.62. The number of nitrogens with one attached hydrogen (secondary N) is 1. The first-order valence-electron chi connectivity index (χ1n) is 7.22. The molecule has 1 heterocycles. The minimum absolute atomic E-state index is 0.0295. The average Bonchev–Trinajstić information content (AvgIpc) is 3.20. The predicted octanol–water partition coefficient (Wildman–Crippen LogP) is 1.26. The van der Waals surface area contributed by atoms with E-state index in [1.165, 1.54) is 20.0 Å². The summed E-state index contributed by atoms with van der Waals surface area (Å²) in [6.45, 7) is 6.65. The van der Waals surface area contributed by atoms with Gasteiger partial charge in [0.2, 0.25) is 0 Å². The number of ether oxygens (including phenoxy) is 1. The lowest BCUT2D eigenvalue weighted by molar-refractivity contribution is -0.147. The minimum Gasteiger partial charge on any atom is -0.469 e. The highest BCUT2D eigenvalue weighted by Gasteiger charge is 2.26. The maximum absolute atomic E-state index is 11.4. The standard InChI is InChI=1S/C14H26N2O2/c1-11(9-15-13-3-4-13)10-16-7-5-12(6-8-16)14(17)18-2/h11-13,15H,3-10H2,1-2H3. The Morgan fingerprint density at radius 3 is 2.56 bits per heavy atom. The van der Waals surface area contributed by atoms with E-state index in [-0.39, 0.29) is 11.9 Å². The van der Waals surface area contributed by atoms with E-state index in [9.17, 15) is 4.79 Å². The second-order valence-electron chi connectivity index (χ2n) is 5.89. The molecule has 0 spiro atoms. The molecule has 4 nitrogen and oxygen atoms in total. The molecule has 18 heavy (non-hydrogen) atoms. The number of hydrogen-bond donors (Lipinski definition) is 1. The first kappa shape index (κ1) is 13.8. The number of likely N-dealkylation sites (tertiary alicyclic amines) is 1. The Bertz CT molecular complexity index is 271. The van der Waals surface area contributed by atoms with Crippen LogP contribution in [0.25, 0.3) is 0 Å². The van der Waals surface area contributed by atoms with Gasteiger partial charge in [0, 0.05) is 12.6 Å². The molecule has 0 radical (unpaired) electrons. The highest BCUT2D eigenvalue weighted by molar-refractivity contribution is 5.72. The van der Waals surface area contributed by atoms with Crippen molar-refractivity contribution in [3.8, 4) is 0 Å². The molecule has 104 valence electrons. The van der Waals surface area contributed by atoms with Crippen molar-refractivity contribution in [3.63, 3.8) is 0 Å². The SMILES string of the molecule is COC(=O)C1CCN(CC(C)CNC2CC2)CC1. The van der Waals surface area contributed by atoms with Crippen LogP contribution in [-0.4, -0.2) is 50.2 Å². The van der Waals surface area contributed by atoms with Crippen molar-refractivity contribution in [2.75, 3.05) is 33.3 Å². The van der Waals surface area contributed by atoms with Crippen LogP contribution >= 0.6 is 0 Å². The second kappa shape index (κ2) is 6.53. The van der Waals surface area contributed by atoms with E-state index in [1.54, 1.807) is 0 Å². The van der Waals surface area contributed by atoms with Gasteiger partial charge in [-0.1, -0.05) is 6.92 Å². The Hall–Kier alpha value is -0.610. The lowest BCUT2D eigenvalue weighted by Gasteiger charge is -2.32. The number of esters is 1. The van der Waals surface area contributed by atoms with Crippen molar-refractivity contribution in [2.45, 2.75) is 38.6 Å². The van der Waals surface area contributed by atoms with Crippen LogP contribution in [-0.2, 0) is 9.53 Å². The quantitative estimate of drug-likeness (QED) is 0.725. The molecule has 0 aromatic rings. The van der Waals surface area contributed by atoms with Gasteiger partial charge >= 0.3 is 5.97 Å². The number of piperidine rings is 1. The van der Waals surface area contributed by atoms with Gasteiger partial charge in [-0.25, -0.2) is 0 Å². The lowest BCUT2D eigenvalue weighted by Crippen LogP contribution is -2.40. The van der Waals surface area contributed by atoms with Gasteiger partial charge in [-0.15, -0.1) is 0 Å². The van der Waals surface area contributed by atoms with Gasteiger partial charge in [0.25, 0.3) is 0 Å². The van der Waals surface area contributed by atoms with Gasteiger partial charge in [0.15, 0.2) is 0 Å². The fourth-order valence-electron chi connectivity index (χ4n) is 2.68. The molecule has 4 heteroatoms. The first-order chi connectivity index (χ1) is 8.69. The third kappa shape index (κ3) is 4.25. The zero-order chi connectivity index (χ0) is 13.0. The Labute approximate surface area is 110 Å². The van der Waals surface area contributed by atoms with Crippen molar-refractivity contribution in [2.24, 2.45) is 11.8 Å². The normalized spacial score (nSPS) is 23.9. The van der Waals surface area contributed by atoms with Crippen molar-refractivity contribution in [1.82, 2.24) is 10.2 Å². The Morgan fingerprint density at radius 2 is 2.00 bits per heavy atom. The van der Waals surface area contributed by atoms with Gasteiger partial charge in [0.1, 0.15) is 0 Å². The van der Waals surface area contributed by atoms with Crippen LogP contribution in [0, 0.1) is 11.8 Å². The Kier molecular flexibility index (Phi) is 5.01. The molecule has 2 aliphatic rings. The number of methoxy groups -OCH3 is 1. The zero-order valence-corrected chi connectivity index (χ0v) is 11.7. The van der Waals surface area contributed by atoms with Crippen LogP contribution in [0.4, 0.5) is 0 Å². The van der Waals surface area contributed by atoms with Crippen LogP contribution < -0.4 is 5.32 Å². The van der Waals surface area contributed by atoms with E-state index in [1.807, 2.05) is 0 Å². The van der Waals surface area contributed by atoms with Crippen molar-refractivity contribution >= 4 is 5.97 Å². The van der Waals surface area contributed by atoms with E-state index in [2.05, 4.69) is 17.1 Å². The van der Waals surface area contributed by atoms with Gasteiger partial charge in [-0.2, -0.15) is 0 Å². The molecular formula is C14H26N2O2. The van der Waals surface area contributed by atoms with Crippen LogP contribution in [0.3, 0.4) is 0 Å². The third-order valence-corrected chi connectivity index (χ3v) is 4.02. The summed E-state index contributed by atoms with van der Waals surface area (Å²) in [7, 11) is 1.49. The molecule has 0 amide bonds. The number of carbonyl (C=O) groups excluding carboxylic acids is 1. The molecule has 1 atom stereocenters.